The Balaban J connectivity index is 1.46. The van der Waals surface area contributed by atoms with Crippen LogP contribution in [-0.4, -0.2) is 28.1 Å². The summed E-state index contributed by atoms with van der Waals surface area (Å²) in [6.45, 7) is 2.39. The average Bonchev–Trinajstić information content (AvgIpc) is 3.10. The Morgan fingerprint density at radius 3 is 2.46 bits per heavy atom. The number of aryl methyl sites for hydroxylation is 1. The summed E-state index contributed by atoms with van der Waals surface area (Å²) < 4.78 is 11.3. The highest BCUT2D eigenvalue weighted by atomic mass is 32.2. The zero-order chi connectivity index (χ0) is 24.9. The summed E-state index contributed by atoms with van der Waals surface area (Å²) in [6.07, 6.45) is 1.66. The van der Waals surface area contributed by atoms with Gasteiger partial charge in [0.15, 0.2) is 11.5 Å². The zero-order valence-corrected chi connectivity index (χ0v) is 19.9. The summed E-state index contributed by atoms with van der Waals surface area (Å²) in [5.41, 5.74) is 3.42. The van der Waals surface area contributed by atoms with Crippen LogP contribution in [0, 0.1) is 17.0 Å². The molecule has 1 aliphatic rings. The molecule has 1 aliphatic heterocycles. The van der Waals surface area contributed by atoms with E-state index in [9.17, 15) is 19.7 Å². The number of carbonyl (C=O) groups is 2. The molecule has 0 atom stereocenters. The number of thioether (sulfide) groups is 1. The second-order valence-corrected chi connectivity index (χ2v) is 8.87. The van der Waals surface area contributed by atoms with Gasteiger partial charge in [-0.1, -0.05) is 35.9 Å². The summed E-state index contributed by atoms with van der Waals surface area (Å²) in [7, 11) is 1.51. The van der Waals surface area contributed by atoms with Crippen molar-refractivity contribution in [2.45, 2.75) is 20.1 Å². The molecule has 0 radical (unpaired) electrons. The molecule has 3 aromatic rings. The number of non-ortho nitro benzene ring substituents is 1. The molecule has 0 spiro atoms. The van der Waals surface area contributed by atoms with Crippen LogP contribution in [0.3, 0.4) is 0 Å². The number of hydrogen-bond acceptors (Lipinski definition) is 7. The number of methoxy groups -OCH3 is 1. The lowest BCUT2D eigenvalue weighted by Gasteiger charge is -2.13. The highest BCUT2D eigenvalue weighted by Crippen LogP contribution is 2.35. The number of nitro benzene ring substituents is 1. The third-order valence-corrected chi connectivity index (χ3v) is 6.23. The van der Waals surface area contributed by atoms with Crippen LogP contribution >= 0.6 is 11.8 Å². The van der Waals surface area contributed by atoms with E-state index in [2.05, 4.69) is 0 Å². The van der Waals surface area contributed by atoms with E-state index < -0.39 is 4.92 Å². The van der Waals surface area contributed by atoms with Gasteiger partial charge in [-0.2, -0.15) is 0 Å². The number of hydrogen-bond donors (Lipinski definition) is 0. The standard InChI is InChI=1S/C26H22N2O6S/c1-17-4-3-5-20(12-17)15-27-25(29)24(35-26(27)30)14-19-8-11-22(23(13-19)33-2)34-16-18-6-9-21(10-7-18)28(31)32/h3-14H,15-16H2,1-2H3/b24-14-. The van der Waals surface area contributed by atoms with Crippen molar-refractivity contribution in [2.75, 3.05) is 7.11 Å². The number of amides is 2. The van der Waals surface area contributed by atoms with Crippen LogP contribution in [0.5, 0.6) is 11.5 Å². The second kappa shape index (κ2) is 10.4. The Bertz CT molecular complexity index is 1320. The third kappa shape index (κ3) is 5.70. The maximum Gasteiger partial charge on any atom is 0.293 e. The molecule has 0 aliphatic carbocycles. The Hall–Kier alpha value is -4.11. The van der Waals surface area contributed by atoms with E-state index in [0.717, 1.165) is 28.5 Å². The van der Waals surface area contributed by atoms with Gasteiger partial charge >= 0.3 is 0 Å². The van der Waals surface area contributed by atoms with E-state index in [1.54, 1.807) is 36.4 Å². The van der Waals surface area contributed by atoms with Gasteiger partial charge in [0.25, 0.3) is 16.8 Å². The molecule has 0 N–H and O–H groups in total. The van der Waals surface area contributed by atoms with E-state index in [0.29, 0.717) is 22.0 Å². The van der Waals surface area contributed by atoms with Gasteiger partial charge in [-0.3, -0.25) is 24.6 Å². The van der Waals surface area contributed by atoms with Crippen LogP contribution in [0.25, 0.3) is 6.08 Å². The number of nitro groups is 1. The summed E-state index contributed by atoms with van der Waals surface area (Å²) >= 11 is 0.907. The largest absolute Gasteiger partial charge is 0.493 e. The van der Waals surface area contributed by atoms with Gasteiger partial charge in [-0.15, -0.1) is 0 Å². The molecule has 1 saturated heterocycles. The van der Waals surface area contributed by atoms with Gasteiger partial charge in [0.2, 0.25) is 0 Å². The summed E-state index contributed by atoms with van der Waals surface area (Å²) in [5, 5.41) is 10.5. The molecule has 8 nitrogen and oxygen atoms in total. The number of rotatable bonds is 8. The van der Waals surface area contributed by atoms with Gasteiger partial charge in [-0.05, 0) is 65.7 Å². The van der Waals surface area contributed by atoms with Crippen LogP contribution in [-0.2, 0) is 17.9 Å². The Morgan fingerprint density at radius 1 is 1.00 bits per heavy atom. The highest BCUT2D eigenvalue weighted by Gasteiger charge is 2.35. The maximum absolute atomic E-state index is 12.9. The van der Waals surface area contributed by atoms with Gasteiger partial charge in [0.05, 0.1) is 23.5 Å². The van der Waals surface area contributed by atoms with E-state index in [4.69, 9.17) is 9.47 Å². The highest BCUT2D eigenvalue weighted by molar-refractivity contribution is 8.18. The van der Waals surface area contributed by atoms with Gasteiger partial charge in [-0.25, -0.2) is 0 Å². The van der Waals surface area contributed by atoms with Crippen molar-refractivity contribution in [1.29, 1.82) is 0 Å². The fourth-order valence-corrected chi connectivity index (χ4v) is 4.39. The van der Waals surface area contributed by atoms with Crippen molar-refractivity contribution in [3.05, 3.63) is 104 Å². The van der Waals surface area contributed by atoms with Crippen molar-refractivity contribution in [3.8, 4) is 11.5 Å². The lowest BCUT2D eigenvalue weighted by atomic mass is 10.1. The average molecular weight is 491 g/mol. The first-order chi connectivity index (χ1) is 16.8. The zero-order valence-electron chi connectivity index (χ0n) is 19.1. The van der Waals surface area contributed by atoms with Crippen LogP contribution < -0.4 is 9.47 Å². The molecule has 1 fully saturated rings. The number of benzene rings is 3. The predicted molar refractivity (Wildman–Crippen MR) is 133 cm³/mol. The molecule has 2 amide bonds. The molecule has 35 heavy (non-hydrogen) atoms. The minimum Gasteiger partial charge on any atom is -0.493 e. The first-order valence-corrected chi connectivity index (χ1v) is 11.5. The van der Waals surface area contributed by atoms with E-state index in [-0.39, 0.29) is 30.0 Å². The van der Waals surface area contributed by atoms with Crippen LogP contribution in [0.2, 0.25) is 0 Å². The lowest BCUT2D eigenvalue weighted by Crippen LogP contribution is -2.27. The monoisotopic (exact) mass is 490 g/mol. The molecule has 178 valence electrons. The molecule has 3 aromatic carbocycles. The molecule has 1 heterocycles. The van der Waals surface area contributed by atoms with Crippen molar-refractivity contribution in [1.82, 2.24) is 4.90 Å². The van der Waals surface area contributed by atoms with Crippen molar-refractivity contribution < 1.29 is 24.0 Å². The Morgan fingerprint density at radius 2 is 1.77 bits per heavy atom. The molecule has 0 bridgehead atoms. The number of carbonyl (C=O) groups excluding carboxylic acids is 2. The molecular formula is C26H22N2O6S. The van der Waals surface area contributed by atoms with Crippen molar-refractivity contribution in [2.24, 2.45) is 0 Å². The SMILES string of the molecule is COc1cc(/C=C2\SC(=O)N(Cc3cccc(C)c3)C2=O)ccc1OCc1ccc([N+](=O)[O-])cc1. The van der Waals surface area contributed by atoms with Crippen LogP contribution in [0.4, 0.5) is 10.5 Å². The van der Waals surface area contributed by atoms with Gasteiger partial charge in [0, 0.05) is 12.1 Å². The fourth-order valence-electron chi connectivity index (χ4n) is 3.55. The lowest BCUT2D eigenvalue weighted by molar-refractivity contribution is -0.384. The van der Waals surface area contributed by atoms with Gasteiger partial charge < -0.3 is 9.47 Å². The molecule has 0 aromatic heterocycles. The Kier molecular flexibility index (Phi) is 7.17. The first kappa shape index (κ1) is 24.0. The van der Waals surface area contributed by atoms with Crippen molar-refractivity contribution >= 4 is 34.7 Å². The van der Waals surface area contributed by atoms with Crippen LogP contribution in [0.15, 0.2) is 71.6 Å². The normalized spacial score (nSPS) is 14.5. The predicted octanol–water partition coefficient (Wildman–Crippen LogP) is 5.73. The smallest absolute Gasteiger partial charge is 0.293 e. The Labute approximate surface area is 206 Å². The van der Waals surface area contributed by atoms with E-state index in [1.807, 2.05) is 31.2 Å². The van der Waals surface area contributed by atoms with Gasteiger partial charge in [0.1, 0.15) is 6.61 Å². The summed E-state index contributed by atoms with van der Waals surface area (Å²) in [5.74, 6) is 0.606. The third-order valence-electron chi connectivity index (χ3n) is 5.32. The molecular weight excluding hydrogens is 468 g/mol. The minimum atomic E-state index is -0.455. The quantitative estimate of drug-likeness (QED) is 0.226. The summed E-state index contributed by atoms with van der Waals surface area (Å²) in [4.78, 5) is 37.3. The second-order valence-electron chi connectivity index (χ2n) is 7.88. The molecule has 4 rings (SSSR count). The van der Waals surface area contributed by atoms with Crippen molar-refractivity contribution in [3.63, 3.8) is 0 Å². The fraction of sp³-hybridized carbons (Fsp3) is 0.154. The number of nitrogens with zero attached hydrogens (tertiary/aromatic N) is 2. The van der Waals surface area contributed by atoms with E-state index >= 15 is 0 Å². The summed E-state index contributed by atoms with van der Waals surface area (Å²) in [6, 6.07) is 19.0. The topological polar surface area (TPSA) is 99.0 Å². The number of imide groups is 1. The minimum absolute atomic E-state index is 0.0129. The molecule has 0 unspecified atom stereocenters. The first-order valence-electron chi connectivity index (χ1n) is 10.7. The maximum atomic E-state index is 12.9. The molecule has 9 heteroatoms. The number of ether oxygens (including phenoxy) is 2. The van der Waals surface area contributed by atoms with Crippen LogP contribution in [0.1, 0.15) is 22.3 Å². The molecule has 0 saturated carbocycles. The van der Waals surface area contributed by atoms with E-state index in [1.165, 1.54) is 24.1 Å².